The molecule has 0 spiro atoms. The minimum Gasteiger partial charge on any atom is -0.489 e. The molecule has 1 N–H and O–H groups in total. The molecule has 0 aliphatic heterocycles. The number of ether oxygens (including phenoxy) is 1. The third-order valence-electron chi connectivity index (χ3n) is 3.19. The molecule has 0 aromatic heterocycles. The van der Waals surface area contributed by atoms with E-state index >= 15 is 0 Å². The van der Waals surface area contributed by atoms with E-state index in [9.17, 15) is 5.11 Å². The fourth-order valence-corrected chi connectivity index (χ4v) is 2.74. The van der Waals surface area contributed by atoms with Gasteiger partial charge in [0.1, 0.15) is 18.5 Å². The van der Waals surface area contributed by atoms with Crippen molar-refractivity contribution in [1.29, 1.82) is 0 Å². The summed E-state index contributed by atoms with van der Waals surface area (Å²) in [7, 11) is 1.97. The summed E-state index contributed by atoms with van der Waals surface area (Å²) >= 11 is 9.55. The van der Waals surface area contributed by atoms with Gasteiger partial charge in [0.2, 0.25) is 0 Å². The number of likely N-dealkylation sites (N-methyl/N-ethyl adjacent to an activating group) is 1. The molecule has 0 fully saturated rings. The highest BCUT2D eigenvalue weighted by Crippen LogP contribution is 2.23. The average molecular weight is 385 g/mol. The van der Waals surface area contributed by atoms with Crippen LogP contribution in [0.1, 0.15) is 5.56 Å². The fourth-order valence-electron chi connectivity index (χ4n) is 2.14. The first kappa shape index (κ1) is 17.3. The van der Waals surface area contributed by atoms with Gasteiger partial charge >= 0.3 is 0 Å². The van der Waals surface area contributed by atoms with Crippen molar-refractivity contribution < 1.29 is 9.84 Å². The highest BCUT2D eigenvalue weighted by atomic mass is 79.9. The molecular formula is C17H19BrClNO2. The van der Waals surface area contributed by atoms with Crippen LogP contribution >= 0.6 is 27.5 Å². The van der Waals surface area contributed by atoms with Crippen molar-refractivity contribution in [2.45, 2.75) is 12.6 Å². The normalized spacial score (nSPS) is 12.4. The van der Waals surface area contributed by atoms with Gasteiger partial charge in [0.25, 0.3) is 0 Å². The predicted molar refractivity (Wildman–Crippen MR) is 93.4 cm³/mol. The van der Waals surface area contributed by atoms with Crippen LogP contribution in [0.25, 0.3) is 0 Å². The summed E-state index contributed by atoms with van der Waals surface area (Å²) in [5.41, 5.74) is 1.18. The van der Waals surface area contributed by atoms with Crippen molar-refractivity contribution in [2.75, 3.05) is 20.2 Å². The molecule has 1 atom stereocenters. The SMILES string of the molecule is CN(Cc1ccccc1Br)CC(O)COc1ccccc1Cl. The molecule has 22 heavy (non-hydrogen) atoms. The Balaban J connectivity index is 1.80. The molecule has 1 unspecified atom stereocenters. The molecular weight excluding hydrogens is 366 g/mol. The van der Waals surface area contributed by atoms with E-state index in [1.807, 2.05) is 37.4 Å². The van der Waals surface area contributed by atoms with Crippen LogP contribution in [0.5, 0.6) is 5.75 Å². The molecule has 0 saturated heterocycles. The van der Waals surface area contributed by atoms with Gasteiger partial charge < -0.3 is 9.84 Å². The van der Waals surface area contributed by atoms with E-state index in [0.29, 0.717) is 17.3 Å². The van der Waals surface area contributed by atoms with E-state index in [4.69, 9.17) is 16.3 Å². The van der Waals surface area contributed by atoms with Gasteiger partial charge in [0.15, 0.2) is 0 Å². The number of nitrogens with zero attached hydrogens (tertiary/aromatic N) is 1. The standard InChI is InChI=1S/C17H19BrClNO2/c1-20(10-13-6-2-3-7-15(13)18)11-14(21)12-22-17-9-5-4-8-16(17)19/h2-9,14,21H,10-12H2,1H3. The smallest absolute Gasteiger partial charge is 0.138 e. The zero-order chi connectivity index (χ0) is 15.9. The molecule has 0 bridgehead atoms. The van der Waals surface area contributed by atoms with Crippen LogP contribution in [-0.2, 0) is 6.54 Å². The molecule has 2 rings (SSSR count). The molecule has 0 amide bonds. The van der Waals surface area contributed by atoms with E-state index in [2.05, 4.69) is 26.9 Å². The van der Waals surface area contributed by atoms with Gasteiger partial charge in [0.05, 0.1) is 5.02 Å². The maximum Gasteiger partial charge on any atom is 0.138 e. The summed E-state index contributed by atoms with van der Waals surface area (Å²) in [4.78, 5) is 2.06. The van der Waals surface area contributed by atoms with Gasteiger partial charge in [0, 0.05) is 17.6 Å². The second-order valence-corrected chi connectivity index (χ2v) is 6.44. The number of halogens is 2. The van der Waals surface area contributed by atoms with Crippen molar-refractivity contribution in [1.82, 2.24) is 4.90 Å². The van der Waals surface area contributed by atoms with Crippen LogP contribution in [0, 0.1) is 0 Å². The maximum absolute atomic E-state index is 10.1. The molecule has 2 aromatic carbocycles. The highest BCUT2D eigenvalue weighted by Gasteiger charge is 2.11. The first-order valence-corrected chi connectivity index (χ1v) is 8.20. The summed E-state index contributed by atoms with van der Waals surface area (Å²) in [6.07, 6.45) is -0.580. The number of rotatable bonds is 7. The summed E-state index contributed by atoms with van der Waals surface area (Å²) in [6, 6.07) is 15.3. The summed E-state index contributed by atoms with van der Waals surface area (Å²) in [6.45, 7) is 1.49. The van der Waals surface area contributed by atoms with Crippen LogP contribution in [-0.4, -0.2) is 36.3 Å². The number of hydrogen-bond acceptors (Lipinski definition) is 3. The Morgan fingerprint density at radius 3 is 2.59 bits per heavy atom. The van der Waals surface area contributed by atoms with Crippen molar-refractivity contribution in [2.24, 2.45) is 0 Å². The summed E-state index contributed by atoms with van der Waals surface area (Å²) in [5, 5.41) is 10.6. The quantitative estimate of drug-likeness (QED) is 0.784. The monoisotopic (exact) mass is 383 g/mol. The van der Waals surface area contributed by atoms with Crippen molar-refractivity contribution >= 4 is 27.5 Å². The van der Waals surface area contributed by atoms with E-state index in [0.717, 1.165) is 11.0 Å². The van der Waals surface area contributed by atoms with Crippen molar-refractivity contribution in [3.8, 4) is 5.75 Å². The lowest BCUT2D eigenvalue weighted by atomic mass is 10.2. The molecule has 0 saturated carbocycles. The second-order valence-electron chi connectivity index (χ2n) is 5.18. The summed E-state index contributed by atoms with van der Waals surface area (Å²) in [5.74, 6) is 0.594. The molecule has 0 radical (unpaired) electrons. The highest BCUT2D eigenvalue weighted by molar-refractivity contribution is 9.10. The van der Waals surface area contributed by atoms with Crippen LogP contribution < -0.4 is 4.74 Å². The Morgan fingerprint density at radius 2 is 1.86 bits per heavy atom. The molecule has 118 valence electrons. The molecule has 3 nitrogen and oxygen atoms in total. The Morgan fingerprint density at radius 1 is 1.18 bits per heavy atom. The minimum absolute atomic E-state index is 0.212. The third kappa shape index (κ3) is 5.29. The third-order valence-corrected chi connectivity index (χ3v) is 4.27. The lowest BCUT2D eigenvalue weighted by Gasteiger charge is -2.21. The lowest BCUT2D eigenvalue weighted by Crippen LogP contribution is -2.32. The van der Waals surface area contributed by atoms with Crippen molar-refractivity contribution in [3.63, 3.8) is 0 Å². The lowest BCUT2D eigenvalue weighted by molar-refractivity contribution is 0.0744. The van der Waals surface area contributed by atoms with Gasteiger partial charge in [-0.2, -0.15) is 0 Å². The van der Waals surface area contributed by atoms with Crippen LogP contribution in [0.3, 0.4) is 0 Å². The molecule has 2 aromatic rings. The average Bonchev–Trinajstić information content (AvgIpc) is 2.49. The van der Waals surface area contributed by atoms with Gasteiger partial charge in [-0.15, -0.1) is 0 Å². The Kier molecular flexibility index (Phi) is 6.70. The first-order chi connectivity index (χ1) is 10.6. The molecule has 0 heterocycles. The maximum atomic E-state index is 10.1. The number of aliphatic hydroxyl groups is 1. The Bertz CT molecular complexity index is 609. The van der Waals surface area contributed by atoms with Gasteiger partial charge in [-0.05, 0) is 30.8 Å². The Hall–Kier alpha value is -1.07. The van der Waals surface area contributed by atoms with E-state index < -0.39 is 6.10 Å². The van der Waals surface area contributed by atoms with Crippen LogP contribution in [0.2, 0.25) is 5.02 Å². The first-order valence-electron chi connectivity index (χ1n) is 7.03. The van der Waals surface area contributed by atoms with Gasteiger partial charge in [-0.1, -0.05) is 57.9 Å². The fraction of sp³-hybridized carbons (Fsp3) is 0.294. The molecule has 0 aliphatic carbocycles. The van der Waals surface area contributed by atoms with Crippen LogP contribution in [0.4, 0.5) is 0 Å². The summed E-state index contributed by atoms with van der Waals surface area (Å²) < 4.78 is 6.63. The van der Waals surface area contributed by atoms with Crippen molar-refractivity contribution in [3.05, 3.63) is 63.6 Å². The van der Waals surface area contributed by atoms with E-state index in [1.54, 1.807) is 12.1 Å². The zero-order valence-electron chi connectivity index (χ0n) is 12.4. The van der Waals surface area contributed by atoms with Gasteiger partial charge in [-0.3, -0.25) is 4.90 Å². The minimum atomic E-state index is -0.580. The van der Waals surface area contributed by atoms with E-state index in [-0.39, 0.29) is 6.61 Å². The van der Waals surface area contributed by atoms with Crippen LogP contribution in [0.15, 0.2) is 53.0 Å². The zero-order valence-corrected chi connectivity index (χ0v) is 14.7. The number of benzene rings is 2. The topological polar surface area (TPSA) is 32.7 Å². The number of aliphatic hydroxyl groups excluding tert-OH is 1. The second kappa shape index (κ2) is 8.53. The molecule has 0 aliphatic rings. The number of para-hydroxylation sites is 1. The number of hydrogen-bond donors (Lipinski definition) is 1. The molecule has 5 heteroatoms. The van der Waals surface area contributed by atoms with Gasteiger partial charge in [-0.25, -0.2) is 0 Å². The van der Waals surface area contributed by atoms with E-state index in [1.165, 1.54) is 5.56 Å². The predicted octanol–water partition coefficient (Wildman–Crippen LogP) is 3.97. The Labute approximate surface area is 144 Å². The largest absolute Gasteiger partial charge is 0.489 e.